The zero-order valence-corrected chi connectivity index (χ0v) is 11.2. The predicted octanol–water partition coefficient (Wildman–Crippen LogP) is 2.33. The lowest BCUT2D eigenvalue weighted by Gasteiger charge is -2.09. The second-order valence-electron chi connectivity index (χ2n) is 3.29. The van der Waals surface area contributed by atoms with Crippen molar-refractivity contribution in [3.8, 4) is 5.82 Å². The SMILES string of the molecule is CNc1cc(-n2cc(I)cn2)nc(C(F)(F)F)n1. The maximum atomic E-state index is 12.6. The average Bonchev–Trinajstić information content (AvgIpc) is 2.74. The third-order valence-corrected chi connectivity index (χ3v) is 2.57. The molecule has 0 saturated carbocycles. The zero-order valence-electron chi connectivity index (χ0n) is 9.03. The van der Waals surface area contributed by atoms with Crippen LogP contribution in [-0.4, -0.2) is 26.8 Å². The molecular weight excluding hydrogens is 362 g/mol. The van der Waals surface area contributed by atoms with Gasteiger partial charge in [-0.15, -0.1) is 0 Å². The fourth-order valence-electron chi connectivity index (χ4n) is 1.23. The van der Waals surface area contributed by atoms with Crippen molar-refractivity contribution < 1.29 is 13.2 Å². The molecule has 18 heavy (non-hydrogen) atoms. The quantitative estimate of drug-likeness (QED) is 0.826. The number of aromatic nitrogens is 4. The summed E-state index contributed by atoms with van der Waals surface area (Å²) >= 11 is 2.01. The number of nitrogens with zero attached hydrogens (tertiary/aromatic N) is 4. The van der Waals surface area contributed by atoms with Crippen molar-refractivity contribution in [2.75, 3.05) is 12.4 Å². The van der Waals surface area contributed by atoms with E-state index in [1.807, 2.05) is 22.6 Å². The van der Waals surface area contributed by atoms with Crippen LogP contribution in [0.2, 0.25) is 0 Å². The molecule has 0 spiro atoms. The van der Waals surface area contributed by atoms with E-state index >= 15 is 0 Å². The van der Waals surface area contributed by atoms with Crippen LogP contribution in [0.15, 0.2) is 18.5 Å². The molecule has 2 aromatic rings. The fourth-order valence-corrected chi connectivity index (χ4v) is 1.62. The number of hydrogen-bond acceptors (Lipinski definition) is 4. The molecule has 0 aliphatic carbocycles. The predicted molar refractivity (Wildman–Crippen MR) is 66.4 cm³/mol. The summed E-state index contributed by atoms with van der Waals surface area (Å²) in [6.07, 6.45) is -1.50. The van der Waals surface area contributed by atoms with Crippen molar-refractivity contribution in [1.82, 2.24) is 19.7 Å². The summed E-state index contributed by atoms with van der Waals surface area (Å²) in [5.41, 5.74) is 0. The number of alkyl halides is 3. The van der Waals surface area contributed by atoms with Crippen LogP contribution in [0.25, 0.3) is 5.82 Å². The van der Waals surface area contributed by atoms with Crippen LogP contribution in [0, 0.1) is 3.57 Å². The molecule has 96 valence electrons. The Kier molecular flexibility index (Phi) is 3.41. The van der Waals surface area contributed by atoms with Crippen LogP contribution in [0.3, 0.4) is 0 Å². The van der Waals surface area contributed by atoms with Gasteiger partial charge < -0.3 is 5.32 Å². The van der Waals surface area contributed by atoms with Crippen molar-refractivity contribution in [1.29, 1.82) is 0 Å². The smallest absolute Gasteiger partial charge is 0.373 e. The lowest BCUT2D eigenvalue weighted by atomic mass is 10.4. The van der Waals surface area contributed by atoms with Gasteiger partial charge in [0.25, 0.3) is 0 Å². The van der Waals surface area contributed by atoms with Gasteiger partial charge in [0.05, 0.1) is 9.77 Å². The van der Waals surface area contributed by atoms with Gasteiger partial charge >= 0.3 is 6.18 Å². The standard InChI is InChI=1S/C9H7F3IN5/c1-14-6-2-7(18-4-5(13)3-15-18)17-8(16-6)9(10,11)12/h2-4H,1H3,(H,14,16,17). The van der Waals surface area contributed by atoms with Crippen LogP contribution < -0.4 is 5.32 Å². The largest absolute Gasteiger partial charge is 0.451 e. The van der Waals surface area contributed by atoms with Crippen molar-refractivity contribution in [2.45, 2.75) is 6.18 Å². The molecule has 0 aliphatic rings. The first-order valence-corrected chi connectivity index (χ1v) is 5.82. The summed E-state index contributed by atoms with van der Waals surface area (Å²) < 4.78 is 39.9. The third-order valence-electron chi connectivity index (χ3n) is 2.01. The molecular formula is C9H7F3IN5. The topological polar surface area (TPSA) is 55.6 Å². The molecule has 0 amide bonds. The summed E-state index contributed by atoms with van der Waals surface area (Å²) in [6, 6.07) is 1.39. The second kappa shape index (κ2) is 4.71. The molecule has 0 saturated heterocycles. The van der Waals surface area contributed by atoms with E-state index in [1.165, 1.54) is 24.0 Å². The molecule has 2 heterocycles. The van der Waals surface area contributed by atoms with E-state index in [1.54, 1.807) is 6.20 Å². The molecule has 0 fully saturated rings. The van der Waals surface area contributed by atoms with E-state index in [2.05, 4.69) is 20.4 Å². The van der Waals surface area contributed by atoms with Crippen LogP contribution in [0.5, 0.6) is 0 Å². The maximum absolute atomic E-state index is 12.6. The molecule has 0 aliphatic heterocycles. The monoisotopic (exact) mass is 369 g/mol. The first kappa shape index (κ1) is 13.1. The number of hydrogen-bond donors (Lipinski definition) is 1. The van der Waals surface area contributed by atoms with Gasteiger partial charge in [-0.25, -0.2) is 14.6 Å². The number of anilines is 1. The normalized spacial score (nSPS) is 11.6. The Labute approximate surface area is 114 Å². The highest BCUT2D eigenvalue weighted by Crippen LogP contribution is 2.27. The Morgan fingerprint density at radius 1 is 1.33 bits per heavy atom. The van der Waals surface area contributed by atoms with Gasteiger partial charge in [0.15, 0.2) is 5.82 Å². The first-order chi connectivity index (χ1) is 8.40. The van der Waals surface area contributed by atoms with Gasteiger partial charge in [-0.05, 0) is 22.6 Å². The lowest BCUT2D eigenvalue weighted by molar-refractivity contribution is -0.144. The van der Waals surface area contributed by atoms with Crippen LogP contribution in [0.1, 0.15) is 5.82 Å². The molecule has 0 bridgehead atoms. The van der Waals surface area contributed by atoms with Gasteiger partial charge in [-0.3, -0.25) is 0 Å². The number of nitrogens with one attached hydrogen (secondary N) is 1. The average molecular weight is 369 g/mol. The Balaban J connectivity index is 2.54. The van der Waals surface area contributed by atoms with Crippen molar-refractivity contribution in [3.63, 3.8) is 0 Å². The van der Waals surface area contributed by atoms with E-state index in [9.17, 15) is 13.2 Å². The third kappa shape index (κ3) is 2.71. The van der Waals surface area contributed by atoms with Crippen LogP contribution in [-0.2, 0) is 6.18 Å². The highest BCUT2D eigenvalue weighted by atomic mass is 127. The van der Waals surface area contributed by atoms with E-state index in [0.29, 0.717) is 0 Å². The molecule has 0 radical (unpaired) electrons. The second-order valence-corrected chi connectivity index (χ2v) is 4.53. The highest BCUT2D eigenvalue weighted by molar-refractivity contribution is 14.1. The van der Waals surface area contributed by atoms with Crippen molar-refractivity contribution in [2.24, 2.45) is 0 Å². The van der Waals surface area contributed by atoms with Gasteiger partial charge in [-0.1, -0.05) is 0 Å². The Morgan fingerprint density at radius 3 is 2.56 bits per heavy atom. The lowest BCUT2D eigenvalue weighted by Crippen LogP contribution is -2.14. The van der Waals surface area contributed by atoms with E-state index in [-0.39, 0.29) is 11.6 Å². The van der Waals surface area contributed by atoms with Gasteiger partial charge in [0.1, 0.15) is 5.82 Å². The molecule has 5 nitrogen and oxygen atoms in total. The summed E-state index contributed by atoms with van der Waals surface area (Å²) in [6.45, 7) is 0. The fraction of sp³-hybridized carbons (Fsp3) is 0.222. The van der Waals surface area contributed by atoms with E-state index in [4.69, 9.17) is 0 Å². The molecule has 2 aromatic heterocycles. The molecule has 9 heteroatoms. The van der Waals surface area contributed by atoms with Gasteiger partial charge in [0.2, 0.25) is 5.82 Å². The van der Waals surface area contributed by atoms with Crippen molar-refractivity contribution in [3.05, 3.63) is 27.9 Å². The minimum Gasteiger partial charge on any atom is -0.373 e. The Hall–Kier alpha value is -1.39. The molecule has 0 atom stereocenters. The first-order valence-electron chi connectivity index (χ1n) is 4.75. The minimum absolute atomic E-state index is 0.0598. The summed E-state index contributed by atoms with van der Waals surface area (Å²) in [7, 11) is 1.49. The number of rotatable bonds is 2. The van der Waals surface area contributed by atoms with E-state index < -0.39 is 12.0 Å². The zero-order chi connectivity index (χ0) is 13.3. The minimum atomic E-state index is -4.60. The van der Waals surface area contributed by atoms with Crippen LogP contribution >= 0.6 is 22.6 Å². The summed E-state index contributed by atoms with van der Waals surface area (Å²) in [5.74, 6) is -1.06. The van der Waals surface area contributed by atoms with Crippen molar-refractivity contribution >= 4 is 28.4 Å². The van der Waals surface area contributed by atoms with Gasteiger partial charge in [0, 0.05) is 19.3 Å². The van der Waals surface area contributed by atoms with Gasteiger partial charge in [-0.2, -0.15) is 18.3 Å². The summed E-state index contributed by atoms with van der Waals surface area (Å²) in [5, 5.41) is 6.47. The number of halogens is 4. The highest BCUT2D eigenvalue weighted by Gasteiger charge is 2.35. The Morgan fingerprint density at radius 2 is 2.06 bits per heavy atom. The Bertz CT molecular complexity index is 566. The molecule has 0 unspecified atom stereocenters. The van der Waals surface area contributed by atoms with E-state index in [0.717, 1.165) is 3.57 Å². The summed E-state index contributed by atoms with van der Waals surface area (Å²) in [4.78, 5) is 6.82. The molecule has 2 rings (SSSR count). The maximum Gasteiger partial charge on any atom is 0.451 e. The van der Waals surface area contributed by atoms with Crippen LogP contribution in [0.4, 0.5) is 19.0 Å². The molecule has 0 aromatic carbocycles. The molecule has 1 N–H and O–H groups in total.